The minimum atomic E-state index is -0.691. The highest BCUT2D eigenvalue weighted by atomic mass is 19.1. The predicted molar refractivity (Wildman–Crippen MR) is 117 cm³/mol. The Balaban J connectivity index is 1.97. The lowest BCUT2D eigenvalue weighted by atomic mass is 9.97. The second-order valence-electron chi connectivity index (χ2n) is 8.89. The van der Waals surface area contributed by atoms with Crippen LogP contribution in [0, 0.1) is 11.7 Å². The molecule has 0 unspecified atom stereocenters. The fraction of sp³-hybridized carbons (Fsp3) is 0.522. The molecule has 0 bridgehead atoms. The van der Waals surface area contributed by atoms with E-state index in [9.17, 15) is 14.7 Å². The van der Waals surface area contributed by atoms with Gasteiger partial charge in [-0.3, -0.25) is 9.36 Å². The van der Waals surface area contributed by atoms with Crippen LogP contribution >= 0.6 is 0 Å². The second kappa shape index (κ2) is 8.07. The van der Waals surface area contributed by atoms with Crippen LogP contribution in [0.5, 0.6) is 0 Å². The maximum atomic E-state index is 15.2. The number of halogens is 1. The Morgan fingerprint density at radius 2 is 1.97 bits per heavy atom. The molecule has 4 rings (SSSR count). The molecule has 1 N–H and O–H groups in total. The molecule has 2 atom stereocenters. The molecule has 3 aromatic rings. The van der Waals surface area contributed by atoms with Gasteiger partial charge in [0, 0.05) is 18.8 Å². The monoisotopic (exact) mass is 428 g/mol. The summed E-state index contributed by atoms with van der Waals surface area (Å²) in [5, 5.41) is 14.6. The Morgan fingerprint density at radius 1 is 1.23 bits per heavy atom. The Kier molecular flexibility index (Phi) is 5.60. The molecule has 0 radical (unpaired) electrons. The minimum absolute atomic E-state index is 0.0204. The van der Waals surface area contributed by atoms with Gasteiger partial charge in [-0.05, 0) is 61.1 Å². The third-order valence-corrected chi connectivity index (χ3v) is 6.45. The van der Waals surface area contributed by atoms with Gasteiger partial charge in [-0.1, -0.05) is 20.8 Å². The predicted octanol–water partition coefficient (Wildman–Crippen LogP) is 3.48. The molecule has 1 fully saturated rings. The minimum Gasteiger partial charge on any atom is -0.388 e. The van der Waals surface area contributed by atoms with E-state index < -0.39 is 18.1 Å². The third-order valence-electron chi connectivity index (χ3n) is 6.45. The van der Waals surface area contributed by atoms with E-state index >= 15 is 4.39 Å². The molecule has 2 aromatic heterocycles. The van der Waals surface area contributed by atoms with E-state index in [1.807, 2.05) is 20.0 Å². The van der Waals surface area contributed by atoms with E-state index in [0.29, 0.717) is 23.2 Å². The van der Waals surface area contributed by atoms with E-state index in [4.69, 9.17) is 0 Å². The molecule has 1 aromatic carbocycles. The normalized spacial score (nSPS) is 19.1. The Labute approximate surface area is 179 Å². The van der Waals surface area contributed by atoms with Crippen molar-refractivity contribution in [2.45, 2.75) is 72.1 Å². The number of aromatic nitrogens is 4. The number of fused-ring (bicyclic) bond motifs is 1. The summed E-state index contributed by atoms with van der Waals surface area (Å²) < 4.78 is 19.2. The van der Waals surface area contributed by atoms with E-state index in [-0.39, 0.29) is 29.0 Å². The Morgan fingerprint density at radius 3 is 2.52 bits per heavy atom. The van der Waals surface area contributed by atoms with E-state index in [1.54, 1.807) is 17.6 Å². The standard InChI is InChI=1S/C23H29FN4O3/c1-5-26-21(12-29)25-28(23(26)31)20-10-16-17(9-19(20)24)22(30)27(11-18(16)13(2)3)15-7-6-14(4)8-15/h9-11,13-15,29H,5-8,12H2,1-4H3/t14-,15+/m1/s1. The van der Waals surface area contributed by atoms with Gasteiger partial charge in [0.1, 0.15) is 18.1 Å². The van der Waals surface area contributed by atoms with Crippen molar-refractivity contribution >= 4 is 10.8 Å². The first kappa shape index (κ1) is 21.5. The zero-order valence-corrected chi connectivity index (χ0v) is 18.4. The summed E-state index contributed by atoms with van der Waals surface area (Å²) in [5.41, 5.74) is 0.185. The third kappa shape index (κ3) is 3.52. The topological polar surface area (TPSA) is 82.0 Å². The van der Waals surface area contributed by atoms with Crippen LogP contribution < -0.4 is 11.2 Å². The first-order valence-electron chi connectivity index (χ1n) is 10.9. The number of rotatable bonds is 5. The lowest BCUT2D eigenvalue weighted by Gasteiger charge is -2.20. The van der Waals surface area contributed by atoms with Gasteiger partial charge in [0.05, 0.1) is 5.39 Å². The van der Waals surface area contributed by atoms with Crippen LogP contribution in [0.2, 0.25) is 0 Å². The van der Waals surface area contributed by atoms with Crippen LogP contribution in [0.3, 0.4) is 0 Å². The smallest absolute Gasteiger partial charge is 0.350 e. The Hall–Kier alpha value is -2.74. The highest BCUT2D eigenvalue weighted by Crippen LogP contribution is 2.35. The van der Waals surface area contributed by atoms with Crippen molar-refractivity contribution in [3.8, 4) is 5.69 Å². The molecule has 8 heteroatoms. The van der Waals surface area contributed by atoms with Gasteiger partial charge in [-0.25, -0.2) is 9.18 Å². The summed E-state index contributed by atoms with van der Waals surface area (Å²) in [5.74, 6) is 0.144. The summed E-state index contributed by atoms with van der Waals surface area (Å²) >= 11 is 0. The number of aliphatic hydroxyl groups excluding tert-OH is 1. The number of hydrogen-bond donors (Lipinski definition) is 1. The lowest BCUT2D eigenvalue weighted by molar-refractivity contribution is 0.264. The summed E-state index contributed by atoms with van der Waals surface area (Å²) in [6.07, 6.45) is 4.87. The van der Waals surface area contributed by atoms with Crippen molar-refractivity contribution in [3.63, 3.8) is 0 Å². The number of nitrogens with zero attached hydrogens (tertiary/aromatic N) is 4. The van der Waals surface area contributed by atoms with E-state index in [2.05, 4.69) is 12.0 Å². The molecule has 1 saturated carbocycles. The van der Waals surface area contributed by atoms with Crippen LogP contribution in [-0.4, -0.2) is 24.0 Å². The SMILES string of the molecule is CCn1c(CO)nn(-c2cc3c(C(C)C)cn([C@H]4CC[C@@H](C)C4)c(=O)c3cc2F)c1=O. The van der Waals surface area contributed by atoms with Gasteiger partial charge in [-0.2, -0.15) is 4.68 Å². The lowest BCUT2D eigenvalue weighted by Crippen LogP contribution is -2.26. The fourth-order valence-electron chi connectivity index (χ4n) is 4.75. The van der Waals surface area contributed by atoms with Gasteiger partial charge in [-0.15, -0.1) is 5.10 Å². The summed E-state index contributed by atoms with van der Waals surface area (Å²) in [4.78, 5) is 26.0. The maximum Gasteiger partial charge on any atom is 0.350 e. The highest BCUT2D eigenvalue weighted by Gasteiger charge is 2.26. The van der Waals surface area contributed by atoms with Gasteiger partial charge < -0.3 is 9.67 Å². The van der Waals surface area contributed by atoms with Crippen molar-refractivity contribution in [2.24, 2.45) is 5.92 Å². The van der Waals surface area contributed by atoms with Crippen LogP contribution in [0.1, 0.15) is 70.3 Å². The molecule has 0 spiro atoms. The molecule has 1 aliphatic rings. The van der Waals surface area contributed by atoms with Crippen molar-refractivity contribution < 1.29 is 9.50 Å². The van der Waals surface area contributed by atoms with Gasteiger partial charge >= 0.3 is 5.69 Å². The molecule has 2 heterocycles. The molecular formula is C23H29FN4O3. The molecule has 0 aliphatic heterocycles. The summed E-state index contributed by atoms with van der Waals surface area (Å²) in [7, 11) is 0. The number of aliphatic hydroxyl groups is 1. The summed E-state index contributed by atoms with van der Waals surface area (Å²) in [6.45, 7) is 7.90. The molecule has 166 valence electrons. The zero-order chi connectivity index (χ0) is 22.4. The number of benzene rings is 1. The fourth-order valence-corrected chi connectivity index (χ4v) is 4.75. The van der Waals surface area contributed by atoms with Crippen molar-refractivity contribution in [1.29, 1.82) is 0 Å². The summed E-state index contributed by atoms with van der Waals surface area (Å²) in [6, 6.07) is 2.89. The highest BCUT2D eigenvalue weighted by molar-refractivity contribution is 5.87. The molecule has 31 heavy (non-hydrogen) atoms. The number of pyridine rings is 1. The molecule has 7 nitrogen and oxygen atoms in total. The Bertz CT molecular complexity index is 1250. The first-order valence-corrected chi connectivity index (χ1v) is 10.9. The average molecular weight is 429 g/mol. The molecule has 0 amide bonds. The zero-order valence-electron chi connectivity index (χ0n) is 18.4. The van der Waals surface area contributed by atoms with Crippen molar-refractivity contribution in [1.82, 2.24) is 18.9 Å². The van der Waals surface area contributed by atoms with Crippen LogP contribution in [0.15, 0.2) is 27.9 Å². The average Bonchev–Trinajstić information content (AvgIpc) is 3.30. The first-order chi connectivity index (χ1) is 14.8. The molecule has 1 aliphatic carbocycles. The quantitative estimate of drug-likeness (QED) is 0.675. The van der Waals surface area contributed by atoms with Crippen LogP contribution in [-0.2, 0) is 13.2 Å². The molecule has 0 saturated heterocycles. The molecular weight excluding hydrogens is 399 g/mol. The van der Waals surface area contributed by atoms with E-state index in [1.165, 1.54) is 10.6 Å². The van der Waals surface area contributed by atoms with E-state index in [0.717, 1.165) is 29.5 Å². The van der Waals surface area contributed by atoms with Crippen LogP contribution in [0.25, 0.3) is 16.5 Å². The van der Waals surface area contributed by atoms with Gasteiger partial charge in [0.2, 0.25) is 0 Å². The van der Waals surface area contributed by atoms with Gasteiger partial charge in [0.15, 0.2) is 5.82 Å². The van der Waals surface area contributed by atoms with Crippen LogP contribution in [0.4, 0.5) is 4.39 Å². The maximum absolute atomic E-state index is 15.2. The second-order valence-corrected chi connectivity index (χ2v) is 8.89. The van der Waals surface area contributed by atoms with Crippen molar-refractivity contribution in [3.05, 3.63) is 56.4 Å². The van der Waals surface area contributed by atoms with Gasteiger partial charge in [0.25, 0.3) is 5.56 Å². The largest absolute Gasteiger partial charge is 0.388 e. The number of hydrogen-bond acceptors (Lipinski definition) is 4. The van der Waals surface area contributed by atoms with Crippen molar-refractivity contribution in [2.75, 3.05) is 0 Å².